The molecule has 0 unspecified atom stereocenters. The number of halogens is 1. The van der Waals surface area contributed by atoms with Crippen LogP contribution >= 0.6 is 11.6 Å². The standard InChI is InChI=1S/C19H26ClN5O/c1-13(19(26)21-15-4-5-15)25-9-7-24(8-10-25)12-18-22-16-11-14(20)3-6-17(16)23(18)2/h3,6,11,13,15H,4-5,7-10,12H2,1-2H3,(H,21,26)/t13-/m0/s1. The van der Waals surface area contributed by atoms with E-state index in [2.05, 4.69) is 26.7 Å². The maximum atomic E-state index is 12.2. The Morgan fingerprint density at radius 3 is 2.73 bits per heavy atom. The molecule has 0 radical (unpaired) electrons. The summed E-state index contributed by atoms with van der Waals surface area (Å²) in [7, 11) is 2.05. The zero-order valence-electron chi connectivity index (χ0n) is 15.4. The molecular weight excluding hydrogens is 350 g/mol. The van der Waals surface area contributed by atoms with Crippen LogP contribution in [0.2, 0.25) is 5.02 Å². The topological polar surface area (TPSA) is 53.4 Å². The molecule has 0 spiro atoms. The second kappa shape index (κ2) is 7.18. The van der Waals surface area contributed by atoms with Crippen LogP contribution in [-0.2, 0) is 18.4 Å². The number of imidazole rings is 1. The highest BCUT2D eigenvalue weighted by Crippen LogP contribution is 2.21. The molecule has 2 aliphatic rings. The number of hydrogen-bond donors (Lipinski definition) is 1. The number of piperazine rings is 1. The van der Waals surface area contributed by atoms with Crippen LogP contribution in [0.4, 0.5) is 0 Å². The Labute approximate surface area is 159 Å². The molecule has 1 saturated carbocycles. The zero-order chi connectivity index (χ0) is 18.3. The minimum absolute atomic E-state index is 0.0457. The monoisotopic (exact) mass is 375 g/mol. The minimum Gasteiger partial charge on any atom is -0.352 e. The summed E-state index contributed by atoms with van der Waals surface area (Å²) in [4.78, 5) is 21.7. The van der Waals surface area contributed by atoms with Crippen molar-refractivity contribution in [3.63, 3.8) is 0 Å². The van der Waals surface area contributed by atoms with Gasteiger partial charge in [0.15, 0.2) is 0 Å². The molecule has 0 bridgehead atoms. The minimum atomic E-state index is -0.0457. The number of aromatic nitrogens is 2. The van der Waals surface area contributed by atoms with Crippen molar-refractivity contribution in [2.75, 3.05) is 26.2 Å². The Morgan fingerprint density at radius 2 is 2.04 bits per heavy atom. The van der Waals surface area contributed by atoms with E-state index in [1.165, 1.54) is 0 Å². The van der Waals surface area contributed by atoms with Crippen molar-refractivity contribution in [2.45, 2.75) is 38.4 Å². The van der Waals surface area contributed by atoms with Gasteiger partial charge in [0.1, 0.15) is 5.82 Å². The average Bonchev–Trinajstić information content (AvgIpc) is 3.39. The first kappa shape index (κ1) is 17.8. The van der Waals surface area contributed by atoms with E-state index in [0.29, 0.717) is 11.1 Å². The summed E-state index contributed by atoms with van der Waals surface area (Å²) in [5, 5.41) is 3.83. The van der Waals surface area contributed by atoms with Crippen LogP contribution in [0.25, 0.3) is 11.0 Å². The van der Waals surface area contributed by atoms with Crippen molar-refractivity contribution >= 4 is 28.5 Å². The lowest BCUT2D eigenvalue weighted by atomic mass is 10.2. The Bertz CT molecular complexity index is 808. The molecular formula is C19H26ClN5O. The van der Waals surface area contributed by atoms with Crippen molar-refractivity contribution in [3.8, 4) is 0 Å². The number of rotatable bonds is 5. The molecule has 7 heteroatoms. The summed E-state index contributed by atoms with van der Waals surface area (Å²) in [6.45, 7) is 6.56. The second-order valence-electron chi connectivity index (χ2n) is 7.49. The smallest absolute Gasteiger partial charge is 0.237 e. The van der Waals surface area contributed by atoms with Crippen LogP contribution in [0, 0.1) is 0 Å². The quantitative estimate of drug-likeness (QED) is 0.868. The maximum absolute atomic E-state index is 12.2. The highest BCUT2D eigenvalue weighted by Gasteiger charge is 2.30. The molecule has 1 amide bonds. The van der Waals surface area contributed by atoms with E-state index in [1.54, 1.807) is 0 Å². The first-order valence-corrected chi connectivity index (χ1v) is 9.76. The molecule has 1 N–H and O–H groups in total. The lowest BCUT2D eigenvalue weighted by Gasteiger charge is -2.37. The summed E-state index contributed by atoms with van der Waals surface area (Å²) < 4.78 is 2.14. The molecule has 2 heterocycles. The third-order valence-electron chi connectivity index (χ3n) is 5.56. The van der Waals surface area contributed by atoms with Gasteiger partial charge in [0.05, 0.1) is 23.6 Å². The fraction of sp³-hybridized carbons (Fsp3) is 0.579. The van der Waals surface area contributed by atoms with Crippen molar-refractivity contribution in [3.05, 3.63) is 29.0 Å². The third-order valence-corrected chi connectivity index (χ3v) is 5.79. The van der Waals surface area contributed by atoms with Gasteiger partial charge in [0, 0.05) is 44.3 Å². The second-order valence-corrected chi connectivity index (χ2v) is 7.93. The highest BCUT2D eigenvalue weighted by atomic mass is 35.5. The Kier molecular flexibility index (Phi) is 4.90. The van der Waals surface area contributed by atoms with Crippen LogP contribution in [0.15, 0.2) is 18.2 Å². The average molecular weight is 376 g/mol. The number of benzene rings is 1. The van der Waals surface area contributed by atoms with E-state index in [4.69, 9.17) is 16.6 Å². The number of nitrogens with zero attached hydrogens (tertiary/aromatic N) is 4. The Hall–Kier alpha value is -1.63. The van der Waals surface area contributed by atoms with Gasteiger partial charge in [-0.3, -0.25) is 14.6 Å². The summed E-state index contributed by atoms with van der Waals surface area (Å²) in [6, 6.07) is 6.22. The van der Waals surface area contributed by atoms with Gasteiger partial charge < -0.3 is 9.88 Å². The largest absolute Gasteiger partial charge is 0.352 e. The van der Waals surface area contributed by atoms with E-state index < -0.39 is 0 Å². The van der Waals surface area contributed by atoms with Crippen LogP contribution < -0.4 is 5.32 Å². The van der Waals surface area contributed by atoms with E-state index in [-0.39, 0.29) is 11.9 Å². The van der Waals surface area contributed by atoms with E-state index in [0.717, 1.165) is 62.4 Å². The molecule has 1 aliphatic heterocycles. The molecule has 6 nitrogen and oxygen atoms in total. The number of aryl methyl sites for hydroxylation is 1. The highest BCUT2D eigenvalue weighted by molar-refractivity contribution is 6.31. The number of carbonyl (C=O) groups excluding carboxylic acids is 1. The number of nitrogens with one attached hydrogen (secondary N) is 1. The first-order chi connectivity index (χ1) is 12.5. The number of amides is 1. The Balaban J connectivity index is 1.35. The molecule has 2 fully saturated rings. The van der Waals surface area contributed by atoms with Crippen molar-refractivity contribution < 1.29 is 4.79 Å². The molecule has 1 atom stereocenters. The summed E-state index contributed by atoms with van der Waals surface area (Å²) in [6.07, 6.45) is 2.27. The Morgan fingerprint density at radius 1 is 1.31 bits per heavy atom. The SMILES string of the molecule is C[C@@H](C(=O)NC1CC1)N1CCN(Cc2nc3cc(Cl)ccc3n2C)CC1. The lowest BCUT2D eigenvalue weighted by molar-refractivity contribution is -0.126. The van der Waals surface area contributed by atoms with Crippen molar-refractivity contribution in [1.82, 2.24) is 24.7 Å². The van der Waals surface area contributed by atoms with Crippen LogP contribution in [-0.4, -0.2) is 63.5 Å². The van der Waals surface area contributed by atoms with Gasteiger partial charge >= 0.3 is 0 Å². The summed E-state index contributed by atoms with van der Waals surface area (Å²) in [5.74, 6) is 1.23. The molecule has 1 saturated heterocycles. The molecule has 1 aromatic heterocycles. The van der Waals surface area contributed by atoms with Gasteiger partial charge in [-0.15, -0.1) is 0 Å². The maximum Gasteiger partial charge on any atom is 0.237 e. The van der Waals surface area contributed by atoms with E-state index in [9.17, 15) is 4.79 Å². The van der Waals surface area contributed by atoms with Crippen molar-refractivity contribution in [2.24, 2.45) is 7.05 Å². The van der Waals surface area contributed by atoms with Gasteiger partial charge in [-0.25, -0.2) is 4.98 Å². The lowest BCUT2D eigenvalue weighted by Crippen LogP contribution is -2.53. The van der Waals surface area contributed by atoms with Gasteiger partial charge in [0.25, 0.3) is 0 Å². The summed E-state index contributed by atoms with van der Waals surface area (Å²) in [5.41, 5.74) is 2.05. The fourth-order valence-electron chi connectivity index (χ4n) is 3.59. The van der Waals surface area contributed by atoms with Crippen LogP contribution in [0.5, 0.6) is 0 Å². The van der Waals surface area contributed by atoms with Gasteiger partial charge in [-0.05, 0) is 38.0 Å². The normalized spacial score (nSPS) is 20.4. The van der Waals surface area contributed by atoms with E-state index in [1.807, 2.05) is 25.1 Å². The predicted molar refractivity (Wildman–Crippen MR) is 103 cm³/mol. The number of hydrogen-bond acceptors (Lipinski definition) is 4. The van der Waals surface area contributed by atoms with Crippen LogP contribution in [0.1, 0.15) is 25.6 Å². The molecule has 1 aromatic carbocycles. The fourth-order valence-corrected chi connectivity index (χ4v) is 3.75. The summed E-state index contributed by atoms with van der Waals surface area (Å²) >= 11 is 6.08. The number of carbonyl (C=O) groups is 1. The van der Waals surface area contributed by atoms with Gasteiger partial charge in [-0.2, -0.15) is 0 Å². The molecule has 1 aliphatic carbocycles. The predicted octanol–water partition coefficient (Wildman–Crippen LogP) is 2.01. The zero-order valence-corrected chi connectivity index (χ0v) is 16.2. The van der Waals surface area contributed by atoms with Gasteiger partial charge in [-0.1, -0.05) is 11.6 Å². The number of fused-ring (bicyclic) bond motifs is 1. The molecule has 140 valence electrons. The van der Waals surface area contributed by atoms with Crippen LogP contribution in [0.3, 0.4) is 0 Å². The molecule has 26 heavy (non-hydrogen) atoms. The van der Waals surface area contributed by atoms with E-state index >= 15 is 0 Å². The first-order valence-electron chi connectivity index (χ1n) is 9.39. The van der Waals surface area contributed by atoms with Crippen molar-refractivity contribution in [1.29, 1.82) is 0 Å². The third kappa shape index (κ3) is 3.72. The van der Waals surface area contributed by atoms with Gasteiger partial charge in [0.2, 0.25) is 5.91 Å². The molecule has 2 aromatic rings. The molecule has 4 rings (SSSR count).